The molecule has 27 heavy (non-hydrogen) atoms. The Morgan fingerprint density at radius 2 is 1.93 bits per heavy atom. The number of methoxy groups -OCH3 is 1. The number of thiazole rings is 1. The van der Waals surface area contributed by atoms with Crippen LogP contribution < -0.4 is 9.64 Å². The number of amides is 1. The number of nitrogens with zero attached hydrogens (tertiary/aromatic N) is 3. The molecule has 0 atom stereocenters. The molecule has 0 bridgehead atoms. The van der Waals surface area contributed by atoms with Crippen LogP contribution in [0.4, 0.5) is 5.13 Å². The van der Waals surface area contributed by atoms with Gasteiger partial charge in [-0.15, -0.1) is 0 Å². The Kier molecular flexibility index (Phi) is 5.12. The van der Waals surface area contributed by atoms with Crippen molar-refractivity contribution in [2.45, 2.75) is 0 Å². The molecule has 1 amide bonds. The Labute approximate surface area is 171 Å². The number of halogens is 2. The molecule has 0 unspecified atom stereocenters. The fraction of sp³-hybridized carbons (Fsp3) is 0.263. The second-order valence-corrected chi connectivity index (χ2v) is 8.06. The van der Waals surface area contributed by atoms with Gasteiger partial charge in [0.2, 0.25) is 0 Å². The van der Waals surface area contributed by atoms with Crippen LogP contribution in [0.25, 0.3) is 10.2 Å². The number of piperazine rings is 1. The largest absolute Gasteiger partial charge is 0.496 e. The van der Waals surface area contributed by atoms with Gasteiger partial charge >= 0.3 is 0 Å². The molecule has 0 aliphatic carbocycles. The summed E-state index contributed by atoms with van der Waals surface area (Å²) in [6.45, 7) is 2.65. The third kappa shape index (κ3) is 3.57. The van der Waals surface area contributed by atoms with Crippen molar-refractivity contribution < 1.29 is 9.53 Å². The van der Waals surface area contributed by atoms with E-state index in [1.807, 2.05) is 23.1 Å². The minimum absolute atomic E-state index is 0.0682. The second-order valence-electron chi connectivity index (χ2n) is 6.21. The molecule has 1 aliphatic heterocycles. The van der Waals surface area contributed by atoms with Crippen LogP contribution in [0.15, 0.2) is 36.4 Å². The number of ether oxygens (including phenoxy) is 1. The average Bonchev–Trinajstić information content (AvgIpc) is 3.13. The molecule has 4 rings (SSSR count). The summed E-state index contributed by atoms with van der Waals surface area (Å²) in [6, 6.07) is 10.9. The molecule has 5 nitrogen and oxygen atoms in total. The molecule has 1 aliphatic rings. The van der Waals surface area contributed by atoms with E-state index >= 15 is 0 Å². The first-order valence-corrected chi connectivity index (χ1v) is 10.1. The predicted octanol–water partition coefficient (Wildman–Crippen LogP) is 4.57. The van der Waals surface area contributed by atoms with Crippen molar-refractivity contribution in [1.82, 2.24) is 9.88 Å². The van der Waals surface area contributed by atoms with Crippen LogP contribution in [-0.4, -0.2) is 49.1 Å². The summed E-state index contributed by atoms with van der Waals surface area (Å²) >= 11 is 13.9. The van der Waals surface area contributed by atoms with E-state index < -0.39 is 0 Å². The molecular weight excluding hydrogens is 405 g/mol. The number of anilines is 1. The van der Waals surface area contributed by atoms with Gasteiger partial charge in [0, 0.05) is 31.2 Å². The predicted molar refractivity (Wildman–Crippen MR) is 111 cm³/mol. The lowest BCUT2D eigenvalue weighted by atomic mass is 10.1. The second kappa shape index (κ2) is 7.54. The van der Waals surface area contributed by atoms with Crippen molar-refractivity contribution in [2.75, 3.05) is 38.2 Å². The van der Waals surface area contributed by atoms with Gasteiger partial charge in [-0.25, -0.2) is 4.98 Å². The fourth-order valence-corrected chi connectivity index (χ4v) is 4.65. The lowest BCUT2D eigenvalue weighted by molar-refractivity contribution is 0.0743. The van der Waals surface area contributed by atoms with Gasteiger partial charge in [-0.2, -0.15) is 0 Å². The van der Waals surface area contributed by atoms with Gasteiger partial charge in [0.15, 0.2) is 5.13 Å². The van der Waals surface area contributed by atoms with E-state index in [4.69, 9.17) is 27.9 Å². The van der Waals surface area contributed by atoms with E-state index in [9.17, 15) is 4.79 Å². The Morgan fingerprint density at radius 1 is 1.15 bits per heavy atom. The summed E-state index contributed by atoms with van der Waals surface area (Å²) in [5.41, 5.74) is 1.33. The third-order valence-electron chi connectivity index (χ3n) is 4.59. The van der Waals surface area contributed by atoms with Crippen LogP contribution in [0.3, 0.4) is 0 Å². The number of aromatic nitrogens is 1. The maximum atomic E-state index is 12.9. The molecule has 140 valence electrons. The third-order valence-corrected chi connectivity index (χ3v) is 6.21. The van der Waals surface area contributed by atoms with Gasteiger partial charge < -0.3 is 14.5 Å². The van der Waals surface area contributed by atoms with Crippen LogP contribution in [0.2, 0.25) is 10.0 Å². The number of carbonyl (C=O) groups excluding carboxylic acids is 1. The molecule has 1 saturated heterocycles. The number of para-hydroxylation sites is 1. The van der Waals surface area contributed by atoms with Gasteiger partial charge in [0.05, 0.1) is 22.4 Å². The quantitative estimate of drug-likeness (QED) is 0.620. The van der Waals surface area contributed by atoms with Gasteiger partial charge in [-0.05, 0) is 30.3 Å². The van der Waals surface area contributed by atoms with Crippen LogP contribution in [0.5, 0.6) is 5.75 Å². The van der Waals surface area contributed by atoms with Crippen molar-refractivity contribution in [3.05, 3.63) is 52.0 Å². The molecule has 0 saturated carbocycles. The lowest BCUT2D eigenvalue weighted by Crippen LogP contribution is -2.48. The first-order valence-electron chi connectivity index (χ1n) is 8.49. The topological polar surface area (TPSA) is 45.7 Å². The maximum Gasteiger partial charge on any atom is 0.257 e. The highest BCUT2D eigenvalue weighted by atomic mass is 35.5. The van der Waals surface area contributed by atoms with Crippen LogP contribution >= 0.6 is 34.5 Å². The Balaban J connectivity index is 1.49. The first-order chi connectivity index (χ1) is 13.1. The van der Waals surface area contributed by atoms with Crippen molar-refractivity contribution in [3.8, 4) is 5.75 Å². The number of hydrogen-bond acceptors (Lipinski definition) is 5. The van der Waals surface area contributed by atoms with Gasteiger partial charge in [-0.1, -0.05) is 40.6 Å². The number of hydrogen-bond donors (Lipinski definition) is 0. The molecular formula is C19H17Cl2N3O2S. The van der Waals surface area contributed by atoms with E-state index in [2.05, 4.69) is 9.88 Å². The smallest absolute Gasteiger partial charge is 0.257 e. The minimum atomic E-state index is -0.0682. The van der Waals surface area contributed by atoms with E-state index in [0.717, 1.165) is 15.3 Å². The highest BCUT2D eigenvalue weighted by Gasteiger charge is 2.26. The minimum Gasteiger partial charge on any atom is -0.496 e. The Morgan fingerprint density at radius 3 is 2.63 bits per heavy atom. The average molecular weight is 422 g/mol. The number of benzene rings is 2. The van der Waals surface area contributed by atoms with Gasteiger partial charge in [-0.3, -0.25) is 4.79 Å². The van der Waals surface area contributed by atoms with Crippen molar-refractivity contribution in [2.24, 2.45) is 0 Å². The summed E-state index contributed by atoms with van der Waals surface area (Å²) in [6.07, 6.45) is 0. The molecule has 0 radical (unpaired) electrons. The summed E-state index contributed by atoms with van der Waals surface area (Å²) < 4.78 is 6.38. The van der Waals surface area contributed by atoms with Crippen molar-refractivity contribution >= 4 is 55.8 Å². The Hall–Kier alpha value is -2.02. The molecule has 0 spiro atoms. The SMILES string of the molecule is COc1ccc(Cl)cc1C(=O)N1CCN(c2nc3c(Cl)cccc3s2)CC1. The highest BCUT2D eigenvalue weighted by molar-refractivity contribution is 7.22. The monoisotopic (exact) mass is 421 g/mol. The first kappa shape index (κ1) is 18.3. The summed E-state index contributed by atoms with van der Waals surface area (Å²) in [4.78, 5) is 21.6. The van der Waals surface area contributed by atoms with Crippen LogP contribution in [0, 0.1) is 0 Å². The summed E-state index contributed by atoms with van der Waals surface area (Å²) in [5, 5.41) is 2.12. The van der Waals surface area contributed by atoms with E-state index in [0.29, 0.717) is 47.5 Å². The number of rotatable bonds is 3. The molecule has 3 aromatic rings. The number of fused-ring (bicyclic) bond motifs is 1. The standard InChI is InChI=1S/C19H17Cl2N3O2S/c1-26-15-6-5-12(20)11-13(15)18(25)23-7-9-24(10-8-23)19-22-17-14(21)3-2-4-16(17)27-19/h2-6,11H,7-10H2,1H3. The molecule has 0 N–H and O–H groups in total. The van der Waals surface area contributed by atoms with Gasteiger partial charge in [0.25, 0.3) is 5.91 Å². The zero-order valence-corrected chi connectivity index (χ0v) is 16.9. The van der Waals surface area contributed by atoms with E-state index in [1.54, 1.807) is 36.6 Å². The summed E-state index contributed by atoms with van der Waals surface area (Å²) in [7, 11) is 1.55. The van der Waals surface area contributed by atoms with E-state index in [1.165, 1.54) is 0 Å². The van der Waals surface area contributed by atoms with Crippen LogP contribution in [-0.2, 0) is 0 Å². The molecule has 2 aromatic carbocycles. The zero-order chi connectivity index (χ0) is 19.0. The zero-order valence-electron chi connectivity index (χ0n) is 14.6. The van der Waals surface area contributed by atoms with E-state index in [-0.39, 0.29) is 5.91 Å². The van der Waals surface area contributed by atoms with Crippen molar-refractivity contribution in [1.29, 1.82) is 0 Å². The van der Waals surface area contributed by atoms with Crippen LogP contribution in [0.1, 0.15) is 10.4 Å². The maximum absolute atomic E-state index is 12.9. The lowest BCUT2D eigenvalue weighted by Gasteiger charge is -2.34. The normalized spacial score (nSPS) is 14.6. The van der Waals surface area contributed by atoms with Gasteiger partial charge in [0.1, 0.15) is 11.3 Å². The molecule has 1 fully saturated rings. The number of carbonyl (C=O) groups is 1. The summed E-state index contributed by atoms with van der Waals surface area (Å²) in [5.74, 6) is 0.467. The molecule has 1 aromatic heterocycles. The Bertz CT molecular complexity index is 1000. The van der Waals surface area contributed by atoms with Crippen molar-refractivity contribution in [3.63, 3.8) is 0 Å². The highest BCUT2D eigenvalue weighted by Crippen LogP contribution is 2.33. The molecule has 2 heterocycles. The fourth-order valence-electron chi connectivity index (χ4n) is 3.16. The molecule has 8 heteroatoms.